The molecule has 41 heavy (non-hydrogen) atoms. The van der Waals surface area contributed by atoms with E-state index in [2.05, 4.69) is 151 Å². The maximum absolute atomic E-state index is 2.45. The predicted molar refractivity (Wildman–Crippen MR) is 177 cm³/mol. The average molecular weight is 613 g/mol. The SMILES string of the molecule is CC(C)c1c(C(C)C)c(C(C)C)c2c([cH-]c3ccccc32)c1C1=CC=CC1.[Zr]=[C](c1ccccc1)c1ccccc1. The molecule has 0 unspecified atom stereocenters. The quantitative estimate of drug-likeness (QED) is 0.167. The summed E-state index contributed by atoms with van der Waals surface area (Å²) in [5.74, 6) is 1.54. The number of hydrogen-bond acceptors (Lipinski definition) is 0. The Kier molecular flexibility index (Phi) is 9.26. The molecule has 0 bridgehead atoms. The van der Waals surface area contributed by atoms with E-state index >= 15 is 0 Å². The summed E-state index contributed by atoms with van der Waals surface area (Å²) in [4.78, 5) is 0. The van der Waals surface area contributed by atoms with Gasteiger partial charge in [-0.05, 0) is 24.2 Å². The van der Waals surface area contributed by atoms with Gasteiger partial charge in [0.15, 0.2) is 0 Å². The molecule has 0 nitrogen and oxygen atoms in total. The summed E-state index contributed by atoms with van der Waals surface area (Å²) >= 11 is 1.46. The first-order valence-corrected chi connectivity index (χ1v) is 16.3. The number of fused-ring (bicyclic) bond motifs is 3. The van der Waals surface area contributed by atoms with Gasteiger partial charge in [-0.2, -0.15) is 0 Å². The van der Waals surface area contributed by atoms with Gasteiger partial charge in [-0.25, -0.2) is 0 Å². The van der Waals surface area contributed by atoms with Crippen molar-refractivity contribution in [2.45, 2.75) is 65.7 Å². The van der Waals surface area contributed by atoms with Crippen molar-refractivity contribution >= 4 is 30.3 Å². The molecule has 0 aliphatic heterocycles. The number of benzene rings is 4. The molecule has 0 spiro atoms. The minimum atomic E-state index is 0.512. The van der Waals surface area contributed by atoms with Crippen molar-refractivity contribution in [3.63, 3.8) is 0 Å². The average Bonchev–Trinajstić information content (AvgIpc) is 3.65. The first-order chi connectivity index (χ1) is 19.8. The van der Waals surface area contributed by atoms with Gasteiger partial charge in [-0.15, -0.1) is 33.7 Å². The van der Waals surface area contributed by atoms with Gasteiger partial charge in [-0.3, -0.25) is 0 Å². The van der Waals surface area contributed by atoms with Crippen molar-refractivity contribution in [3.05, 3.63) is 143 Å². The van der Waals surface area contributed by atoms with Crippen molar-refractivity contribution in [2.75, 3.05) is 0 Å². The fourth-order valence-electron chi connectivity index (χ4n) is 6.45. The maximum atomic E-state index is 2.45. The fraction of sp³-hybridized carbons (Fsp3) is 0.250. The third-order valence-corrected chi connectivity index (χ3v) is 9.56. The van der Waals surface area contributed by atoms with Crippen LogP contribution < -0.4 is 0 Å². The van der Waals surface area contributed by atoms with Crippen molar-refractivity contribution in [1.29, 1.82) is 0 Å². The third-order valence-electron chi connectivity index (χ3n) is 8.14. The molecule has 0 saturated heterocycles. The summed E-state index contributed by atoms with van der Waals surface area (Å²) in [6.07, 6.45) is 7.89. The van der Waals surface area contributed by atoms with Crippen LogP contribution in [0.2, 0.25) is 0 Å². The van der Waals surface area contributed by atoms with E-state index in [1.807, 2.05) is 0 Å². The van der Waals surface area contributed by atoms with Crippen LogP contribution in [0.25, 0.3) is 27.1 Å². The van der Waals surface area contributed by atoms with Crippen molar-refractivity contribution in [3.8, 4) is 0 Å². The second-order valence-corrected chi connectivity index (χ2v) is 13.3. The van der Waals surface area contributed by atoms with Crippen LogP contribution in [0.3, 0.4) is 0 Å². The van der Waals surface area contributed by atoms with E-state index in [0.717, 1.165) is 6.42 Å². The van der Waals surface area contributed by atoms with Gasteiger partial charge in [0.05, 0.1) is 0 Å². The van der Waals surface area contributed by atoms with E-state index in [1.54, 1.807) is 16.7 Å². The Morgan fingerprint density at radius 2 is 1.20 bits per heavy atom. The third kappa shape index (κ3) is 5.98. The Hall–Kier alpha value is -3.02. The molecule has 5 aromatic rings. The zero-order chi connectivity index (χ0) is 29.1. The Labute approximate surface area is 261 Å². The second kappa shape index (κ2) is 12.9. The van der Waals surface area contributed by atoms with Crippen molar-refractivity contribution in [1.82, 2.24) is 0 Å². The molecule has 0 saturated carbocycles. The Morgan fingerprint density at radius 3 is 1.71 bits per heavy atom. The summed E-state index contributed by atoms with van der Waals surface area (Å²) < 4.78 is 1.42. The van der Waals surface area contributed by atoms with Crippen LogP contribution in [-0.2, 0) is 24.2 Å². The molecule has 0 atom stereocenters. The fourth-order valence-corrected chi connectivity index (χ4v) is 7.27. The summed E-state index contributed by atoms with van der Waals surface area (Å²) in [5, 5.41) is 5.75. The van der Waals surface area contributed by atoms with E-state index in [4.69, 9.17) is 0 Å². The summed E-state index contributed by atoms with van der Waals surface area (Å²) in [7, 11) is 0. The molecular weight excluding hydrogens is 572 g/mol. The van der Waals surface area contributed by atoms with Gasteiger partial charge in [-0.1, -0.05) is 106 Å². The van der Waals surface area contributed by atoms with E-state index in [-0.39, 0.29) is 0 Å². The van der Waals surface area contributed by atoms with Crippen molar-refractivity contribution in [2.24, 2.45) is 0 Å². The standard InChI is InChI=1S/C27H31.C13H10.Zr/c1-16(2)23-24(17(3)4)26(19-11-7-8-12-19)22-15-20-13-9-10-14-21(20)27(22)25(23)18(5)6;1-3-7-12(8-4-1)11-13-9-5-2-6-10-13;/h7-11,13-18H,12H2,1-6H3;1-10H;/q-1;;. The number of hydrogen-bond donors (Lipinski definition) is 0. The van der Waals surface area contributed by atoms with Gasteiger partial charge in [0.1, 0.15) is 0 Å². The molecule has 0 fully saturated rings. The molecule has 5 aromatic carbocycles. The minimum absolute atomic E-state index is 0.512. The van der Waals surface area contributed by atoms with Crippen LogP contribution in [0.5, 0.6) is 0 Å². The van der Waals surface area contributed by atoms with Gasteiger partial charge >= 0.3 is 99.2 Å². The Morgan fingerprint density at radius 1 is 0.659 bits per heavy atom. The summed E-state index contributed by atoms with van der Waals surface area (Å²) in [6, 6.07) is 32.5. The van der Waals surface area contributed by atoms with Crippen LogP contribution in [0.4, 0.5) is 0 Å². The van der Waals surface area contributed by atoms with Crippen molar-refractivity contribution < 1.29 is 24.2 Å². The molecule has 206 valence electrons. The first-order valence-electron chi connectivity index (χ1n) is 15.0. The topological polar surface area (TPSA) is 0 Å². The van der Waals surface area contributed by atoms with Gasteiger partial charge in [0.25, 0.3) is 0 Å². The molecule has 6 rings (SSSR count). The molecule has 1 aliphatic carbocycles. The zero-order valence-corrected chi connectivity index (χ0v) is 27.8. The monoisotopic (exact) mass is 611 g/mol. The van der Waals surface area contributed by atoms with E-state index in [9.17, 15) is 0 Å². The number of allylic oxidation sites excluding steroid dienone is 4. The van der Waals surface area contributed by atoms with Gasteiger partial charge in [0.2, 0.25) is 0 Å². The summed E-state index contributed by atoms with van der Waals surface area (Å²) in [5.41, 5.74) is 10.4. The van der Waals surface area contributed by atoms with Crippen LogP contribution in [0.15, 0.2) is 109 Å². The van der Waals surface area contributed by atoms with E-state index in [1.165, 1.54) is 71.2 Å². The molecule has 0 heterocycles. The number of rotatable bonds is 6. The molecule has 0 aromatic heterocycles. The Bertz CT molecular complexity index is 1680. The molecule has 1 aliphatic rings. The van der Waals surface area contributed by atoms with Gasteiger partial charge in [0, 0.05) is 0 Å². The van der Waals surface area contributed by atoms with Crippen LogP contribution in [0, 0.1) is 0 Å². The molecule has 0 radical (unpaired) electrons. The van der Waals surface area contributed by atoms with E-state index < -0.39 is 0 Å². The zero-order valence-electron chi connectivity index (χ0n) is 25.3. The molecular formula is C40H41Zr-. The molecule has 1 heteroatoms. The summed E-state index contributed by atoms with van der Waals surface area (Å²) in [6.45, 7) is 14.2. The van der Waals surface area contributed by atoms with E-state index in [0.29, 0.717) is 17.8 Å². The predicted octanol–water partition coefficient (Wildman–Crippen LogP) is 11.2. The van der Waals surface area contributed by atoms with Gasteiger partial charge < -0.3 is 0 Å². The normalized spacial score (nSPS) is 12.8. The Balaban J connectivity index is 0.000000202. The molecule has 0 amide bonds. The van der Waals surface area contributed by atoms with Crippen LogP contribution in [0.1, 0.15) is 99.1 Å². The van der Waals surface area contributed by atoms with Crippen LogP contribution in [-0.4, -0.2) is 3.21 Å². The first kappa shape index (κ1) is 29.5. The molecule has 0 N–H and O–H groups in total. The van der Waals surface area contributed by atoms with Crippen LogP contribution >= 0.6 is 0 Å². The second-order valence-electron chi connectivity index (χ2n) is 12.0.